The highest BCUT2D eigenvalue weighted by Gasteiger charge is 2.07. The Labute approximate surface area is 109 Å². The van der Waals surface area contributed by atoms with Gasteiger partial charge in [-0.05, 0) is 44.9 Å². The molecule has 0 aliphatic carbocycles. The first-order valence-corrected chi connectivity index (χ1v) is 7.39. The molecule has 1 aromatic rings. The van der Waals surface area contributed by atoms with Gasteiger partial charge in [0, 0.05) is 16.3 Å². The van der Waals surface area contributed by atoms with E-state index in [9.17, 15) is 0 Å². The van der Waals surface area contributed by atoms with E-state index < -0.39 is 0 Å². The van der Waals surface area contributed by atoms with Gasteiger partial charge in [0.25, 0.3) is 0 Å². The number of thiophene rings is 1. The van der Waals surface area contributed by atoms with Crippen molar-refractivity contribution in [2.24, 2.45) is 0 Å². The minimum absolute atomic E-state index is 0.357. The van der Waals surface area contributed by atoms with Crippen molar-refractivity contribution in [2.75, 3.05) is 6.54 Å². The highest BCUT2D eigenvalue weighted by molar-refractivity contribution is 7.12. The first-order chi connectivity index (χ1) is 8.17. The van der Waals surface area contributed by atoms with Crippen LogP contribution < -0.4 is 5.32 Å². The van der Waals surface area contributed by atoms with Crippen molar-refractivity contribution in [2.45, 2.75) is 59.8 Å². The molecule has 0 bridgehead atoms. The Hall–Kier alpha value is -0.380. The van der Waals surface area contributed by atoms with Crippen molar-refractivity contribution in [1.82, 2.24) is 5.32 Å². The lowest BCUT2D eigenvalue weighted by molar-refractivity contribution is 0.0508. The minimum Gasteiger partial charge on any atom is -0.374 e. The third-order valence-corrected chi connectivity index (χ3v) is 3.99. The van der Waals surface area contributed by atoms with Gasteiger partial charge in [0.15, 0.2) is 0 Å². The van der Waals surface area contributed by atoms with Crippen LogP contribution in [0.1, 0.15) is 48.9 Å². The lowest BCUT2D eigenvalue weighted by Crippen LogP contribution is -2.12. The van der Waals surface area contributed by atoms with Crippen LogP contribution in [0.25, 0.3) is 0 Å². The summed E-state index contributed by atoms with van der Waals surface area (Å²) in [5, 5.41) is 3.44. The van der Waals surface area contributed by atoms with Crippen molar-refractivity contribution >= 4 is 11.3 Å². The number of nitrogens with one attached hydrogen (secondary N) is 1. The molecule has 0 aliphatic heterocycles. The average molecular weight is 255 g/mol. The van der Waals surface area contributed by atoms with Crippen LogP contribution in [-0.4, -0.2) is 12.6 Å². The summed E-state index contributed by atoms with van der Waals surface area (Å²) >= 11 is 1.88. The van der Waals surface area contributed by atoms with E-state index in [1.165, 1.54) is 21.7 Å². The topological polar surface area (TPSA) is 21.3 Å². The van der Waals surface area contributed by atoms with Crippen LogP contribution in [0.5, 0.6) is 0 Å². The molecule has 0 aliphatic rings. The maximum Gasteiger partial charge on any atom is 0.0731 e. The molecular formula is C14H25NOS. The van der Waals surface area contributed by atoms with Gasteiger partial charge in [0.2, 0.25) is 0 Å². The Morgan fingerprint density at radius 2 is 2.18 bits per heavy atom. The maximum absolute atomic E-state index is 5.78. The summed E-state index contributed by atoms with van der Waals surface area (Å²) in [6.45, 7) is 11.5. The fourth-order valence-electron chi connectivity index (χ4n) is 1.56. The third kappa shape index (κ3) is 5.19. The zero-order valence-corrected chi connectivity index (χ0v) is 12.3. The van der Waals surface area contributed by atoms with Crippen molar-refractivity contribution in [3.63, 3.8) is 0 Å². The first-order valence-electron chi connectivity index (χ1n) is 6.57. The van der Waals surface area contributed by atoms with Crippen LogP contribution in [0.4, 0.5) is 0 Å². The first kappa shape index (κ1) is 14.7. The molecule has 17 heavy (non-hydrogen) atoms. The third-order valence-electron chi connectivity index (χ3n) is 2.90. The standard InChI is InChI=1S/C14H25NOS/c1-5-7-15-9-14-8-13(12(4)17-14)10-16-11(3)6-2/h8,11,15H,5-7,9-10H2,1-4H3. The van der Waals surface area contributed by atoms with Crippen molar-refractivity contribution < 1.29 is 4.74 Å². The molecule has 0 saturated heterocycles. The molecule has 1 atom stereocenters. The smallest absolute Gasteiger partial charge is 0.0731 e. The van der Waals surface area contributed by atoms with E-state index in [1.807, 2.05) is 11.3 Å². The van der Waals surface area contributed by atoms with Crippen LogP contribution in [0, 0.1) is 6.92 Å². The summed E-state index contributed by atoms with van der Waals surface area (Å²) in [6, 6.07) is 2.28. The van der Waals surface area contributed by atoms with Gasteiger partial charge in [-0.1, -0.05) is 13.8 Å². The Morgan fingerprint density at radius 1 is 1.41 bits per heavy atom. The van der Waals surface area contributed by atoms with E-state index in [-0.39, 0.29) is 0 Å². The van der Waals surface area contributed by atoms with Gasteiger partial charge in [-0.15, -0.1) is 11.3 Å². The summed E-state index contributed by atoms with van der Waals surface area (Å²) in [4.78, 5) is 2.81. The van der Waals surface area contributed by atoms with Gasteiger partial charge in [-0.3, -0.25) is 0 Å². The molecule has 0 aromatic carbocycles. The second kappa shape index (κ2) is 7.85. The van der Waals surface area contributed by atoms with Crippen molar-refractivity contribution in [3.05, 3.63) is 21.4 Å². The van der Waals surface area contributed by atoms with Gasteiger partial charge in [-0.25, -0.2) is 0 Å². The molecule has 0 radical (unpaired) electrons. The fourth-order valence-corrected chi connectivity index (χ4v) is 2.57. The fraction of sp³-hybridized carbons (Fsp3) is 0.714. The molecule has 1 heterocycles. The zero-order valence-electron chi connectivity index (χ0n) is 11.5. The second-order valence-electron chi connectivity index (χ2n) is 4.50. The van der Waals surface area contributed by atoms with E-state index in [4.69, 9.17) is 4.74 Å². The summed E-state index contributed by atoms with van der Waals surface area (Å²) < 4.78 is 5.78. The van der Waals surface area contributed by atoms with Gasteiger partial charge < -0.3 is 10.1 Å². The van der Waals surface area contributed by atoms with Crippen LogP contribution in [-0.2, 0) is 17.9 Å². The van der Waals surface area contributed by atoms with E-state index in [0.717, 1.165) is 26.1 Å². The molecule has 1 N–H and O–H groups in total. The predicted octanol–water partition coefficient (Wildman–Crippen LogP) is 3.87. The van der Waals surface area contributed by atoms with E-state index in [0.29, 0.717) is 6.10 Å². The molecule has 2 nitrogen and oxygen atoms in total. The van der Waals surface area contributed by atoms with Gasteiger partial charge in [0.05, 0.1) is 12.7 Å². The number of ether oxygens (including phenoxy) is 1. The van der Waals surface area contributed by atoms with Crippen LogP contribution >= 0.6 is 11.3 Å². The molecule has 0 amide bonds. The lowest BCUT2D eigenvalue weighted by Gasteiger charge is -2.09. The maximum atomic E-state index is 5.78. The van der Waals surface area contributed by atoms with Crippen LogP contribution in [0.3, 0.4) is 0 Å². The molecule has 0 spiro atoms. The van der Waals surface area contributed by atoms with Gasteiger partial charge in [0.1, 0.15) is 0 Å². The van der Waals surface area contributed by atoms with Gasteiger partial charge >= 0.3 is 0 Å². The summed E-state index contributed by atoms with van der Waals surface area (Å²) in [7, 11) is 0. The SMILES string of the molecule is CCCNCc1cc(COC(C)CC)c(C)s1. The highest BCUT2D eigenvalue weighted by atomic mass is 32.1. The summed E-state index contributed by atoms with van der Waals surface area (Å²) in [5.74, 6) is 0. The monoisotopic (exact) mass is 255 g/mol. The van der Waals surface area contributed by atoms with Gasteiger partial charge in [-0.2, -0.15) is 0 Å². The summed E-state index contributed by atoms with van der Waals surface area (Å²) in [6.07, 6.45) is 2.62. The lowest BCUT2D eigenvalue weighted by atomic mass is 10.2. The van der Waals surface area contributed by atoms with E-state index in [2.05, 4.69) is 39.1 Å². The van der Waals surface area contributed by atoms with E-state index in [1.54, 1.807) is 0 Å². The van der Waals surface area contributed by atoms with E-state index >= 15 is 0 Å². The van der Waals surface area contributed by atoms with Crippen LogP contribution in [0.2, 0.25) is 0 Å². The Morgan fingerprint density at radius 3 is 2.82 bits per heavy atom. The second-order valence-corrected chi connectivity index (χ2v) is 5.84. The minimum atomic E-state index is 0.357. The number of aryl methyl sites for hydroxylation is 1. The average Bonchev–Trinajstić information content (AvgIpc) is 2.67. The molecule has 0 fully saturated rings. The summed E-state index contributed by atoms with van der Waals surface area (Å²) in [5.41, 5.74) is 1.35. The highest BCUT2D eigenvalue weighted by Crippen LogP contribution is 2.22. The number of rotatable bonds is 8. The number of hydrogen-bond acceptors (Lipinski definition) is 3. The predicted molar refractivity (Wildman–Crippen MR) is 75.6 cm³/mol. The Bertz CT molecular complexity index is 322. The molecule has 98 valence electrons. The molecule has 1 rings (SSSR count). The Kier molecular flexibility index (Phi) is 6.78. The molecule has 1 unspecified atom stereocenters. The van der Waals surface area contributed by atoms with Crippen LogP contribution in [0.15, 0.2) is 6.07 Å². The number of hydrogen-bond donors (Lipinski definition) is 1. The van der Waals surface area contributed by atoms with Crippen molar-refractivity contribution in [1.29, 1.82) is 0 Å². The largest absolute Gasteiger partial charge is 0.374 e. The van der Waals surface area contributed by atoms with Crippen molar-refractivity contribution in [3.8, 4) is 0 Å². The molecule has 0 saturated carbocycles. The molecule has 3 heteroatoms. The molecular weight excluding hydrogens is 230 g/mol. The molecule has 1 aromatic heterocycles. The quantitative estimate of drug-likeness (QED) is 0.712. The zero-order chi connectivity index (χ0) is 12.7. The normalized spacial score (nSPS) is 12.9. The Balaban J connectivity index is 2.44.